The van der Waals surface area contributed by atoms with E-state index >= 15 is 0 Å². The van der Waals surface area contributed by atoms with E-state index in [1.165, 1.54) is 18.6 Å². The molecule has 27 heavy (non-hydrogen) atoms. The second-order valence-electron chi connectivity index (χ2n) is 6.40. The molecule has 0 unspecified atom stereocenters. The third-order valence-electron chi connectivity index (χ3n) is 4.15. The highest BCUT2D eigenvalue weighted by molar-refractivity contribution is 5.93. The summed E-state index contributed by atoms with van der Waals surface area (Å²) in [4.78, 5) is 22.1. The van der Waals surface area contributed by atoms with Crippen molar-refractivity contribution in [3.63, 3.8) is 0 Å². The Labute approximate surface area is 159 Å². The van der Waals surface area contributed by atoms with Gasteiger partial charge < -0.3 is 4.74 Å². The Morgan fingerprint density at radius 2 is 1.89 bits per heavy atom. The number of nitro groups is 1. The maximum Gasteiger partial charge on any atom is 0.269 e. The third kappa shape index (κ3) is 7.44. The van der Waals surface area contributed by atoms with Crippen molar-refractivity contribution in [1.29, 1.82) is 0 Å². The van der Waals surface area contributed by atoms with Gasteiger partial charge in [0.2, 0.25) is 0 Å². The maximum atomic E-state index is 11.9. The van der Waals surface area contributed by atoms with Crippen LogP contribution >= 0.6 is 0 Å². The van der Waals surface area contributed by atoms with Crippen LogP contribution in [0.15, 0.2) is 54.6 Å². The molecule has 0 aliphatic heterocycles. The monoisotopic (exact) mass is 367 g/mol. The molecular weight excluding hydrogens is 342 g/mol. The van der Waals surface area contributed by atoms with Gasteiger partial charge in [-0.1, -0.05) is 44.4 Å². The number of nitro benzene ring substituents is 1. The number of allylic oxidation sites excluding steroid dienone is 1. The van der Waals surface area contributed by atoms with E-state index in [0.717, 1.165) is 30.4 Å². The lowest BCUT2D eigenvalue weighted by molar-refractivity contribution is -0.384. The number of carbonyl (C=O) groups excluding carboxylic acids is 1. The Morgan fingerprint density at radius 1 is 1.11 bits per heavy atom. The lowest BCUT2D eigenvalue weighted by Crippen LogP contribution is -1.96. The van der Waals surface area contributed by atoms with Gasteiger partial charge in [-0.25, -0.2) is 0 Å². The molecule has 142 valence electrons. The van der Waals surface area contributed by atoms with Crippen LogP contribution in [0.3, 0.4) is 0 Å². The van der Waals surface area contributed by atoms with Gasteiger partial charge in [0.15, 0.2) is 5.78 Å². The summed E-state index contributed by atoms with van der Waals surface area (Å²) in [5, 5.41) is 10.7. The number of nitrogens with zero attached hydrogens (tertiary/aromatic N) is 1. The van der Waals surface area contributed by atoms with Crippen molar-refractivity contribution < 1.29 is 14.5 Å². The molecule has 5 heteroatoms. The van der Waals surface area contributed by atoms with Gasteiger partial charge in [-0.05, 0) is 47.9 Å². The first-order chi connectivity index (χ1) is 13.1. The molecule has 0 spiro atoms. The zero-order chi connectivity index (χ0) is 19.5. The van der Waals surface area contributed by atoms with E-state index in [2.05, 4.69) is 6.92 Å². The van der Waals surface area contributed by atoms with Crippen LogP contribution in [-0.2, 0) is 11.4 Å². The average Bonchev–Trinajstić information content (AvgIpc) is 2.69. The molecule has 2 aromatic rings. The summed E-state index contributed by atoms with van der Waals surface area (Å²) >= 11 is 0. The number of carbonyl (C=O) groups is 1. The minimum absolute atomic E-state index is 0.0604. The third-order valence-corrected chi connectivity index (χ3v) is 4.15. The van der Waals surface area contributed by atoms with E-state index in [1.807, 2.05) is 24.3 Å². The van der Waals surface area contributed by atoms with Gasteiger partial charge >= 0.3 is 0 Å². The van der Waals surface area contributed by atoms with Gasteiger partial charge in [0, 0.05) is 18.6 Å². The number of unbranched alkanes of at least 4 members (excludes halogenated alkanes) is 3. The lowest BCUT2D eigenvalue weighted by Gasteiger charge is -2.07. The van der Waals surface area contributed by atoms with E-state index in [4.69, 9.17) is 4.74 Å². The molecule has 0 atom stereocenters. The van der Waals surface area contributed by atoms with Crippen LogP contribution in [0.2, 0.25) is 0 Å². The van der Waals surface area contributed by atoms with Gasteiger partial charge in [0.1, 0.15) is 12.4 Å². The van der Waals surface area contributed by atoms with Gasteiger partial charge in [-0.2, -0.15) is 0 Å². The summed E-state index contributed by atoms with van der Waals surface area (Å²) in [6.45, 7) is 2.47. The van der Waals surface area contributed by atoms with Crippen LogP contribution in [0, 0.1) is 10.1 Å². The smallest absolute Gasteiger partial charge is 0.269 e. The Kier molecular flexibility index (Phi) is 8.23. The van der Waals surface area contributed by atoms with E-state index in [1.54, 1.807) is 24.3 Å². The average molecular weight is 367 g/mol. The largest absolute Gasteiger partial charge is 0.489 e. The molecule has 0 heterocycles. The van der Waals surface area contributed by atoms with Crippen LogP contribution in [0.1, 0.15) is 50.2 Å². The minimum Gasteiger partial charge on any atom is -0.489 e. The molecule has 0 amide bonds. The lowest BCUT2D eigenvalue weighted by atomic mass is 10.1. The summed E-state index contributed by atoms with van der Waals surface area (Å²) in [6.07, 6.45) is 8.40. The van der Waals surface area contributed by atoms with Crippen molar-refractivity contribution in [3.05, 3.63) is 75.8 Å². The van der Waals surface area contributed by atoms with E-state index in [-0.39, 0.29) is 11.5 Å². The van der Waals surface area contributed by atoms with E-state index in [9.17, 15) is 14.9 Å². The second-order valence-corrected chi connectivity index (χ2v) is 6.40. The summed E-state index contributed by atoms with van der Waals surface area (Å²) in [6, 6.07) is 13.8. The number of hydrogen-bond donors (Lipinski definition) is 0. The minimum atomic E-state index is -0.425. The molecule has 5 nitrogen and oxygen atoms in total. The topological polar surface area (TPSA) is 69.4 Å². The fourth-order valence-corrected chi connectivity index (χ4v) is 2.59. The first kappa shape index (κ1) is 20.4. The molecule has 0 saturated carbocycles. The number of ketones is 1. The zero-order valence-corrected chi connectivity index (χ0v) is 15.6. The van der Waals surface area contributed by atoms with Crippen LogP contribution < -0.4 is 4.74 Å². The number of benzene rings is 2. The van der Waals surface area contributed by atoms with Gasteiger partial charge in [-0.15, -0.1) is 0 Å². The molecule has 2 aromatic carbocycles. The van der Waals surface area contributed by atoms with Crippen molar-refractivity contribution in [2.24, 2.45) is 0 Å². The summed E-state index contributed by atoms with van der Waals surface area (Å²) < 4.78 is 5.74. The fraction of sp³-hybridized carbons (Fsp3) is 0.318. The highest BCUT2D eigenvalue weighted by Gasteiger charge is 2.04. The normalized spacial score (nSPS) is 10.9. The Hall–Kier alpha value is -2.95. The molecule has 0 N–H and O–H groups in total. The number of rotatable bonds is 11. The van der Waals surface area contributed by atoms with E-state index in [0.29, 0.717) is 18.8 Å². The summed E-state index contributed by atoms with van der Waals surface area (Å²) in [5.74, 6) is 0.828. The fourth-order valence-electron chi connectivity index (χ4n) is 2.59. The molecule has 0 aliphatic carbocycles. The Balaban J connectivity index is 1.86. The first-order valence-corrected chi connectivity index (χ1v) is 9.25. The number of hydrogen-bond acceptors (Lipinski definition) is 4. The molecule has 0 saturated heterocycles. The van der Waals surface area contributed by atoms with E-state index < -0.39 is 4.92 Å². The zero-order valence-electron chi connectivity index (χ0n) is 15.6. The Morgan fingerprint density at radius 3 is 2.59 bits per heavy atom. The maximum absolute atomic E-state index is 11.9. The molecule has 0 aliphatic rings. The van der Waals surface area contributed by atoms with Crippen LogP contribution in [-0.4, -0.2) is 10.7 Å². The van der Waals surface area contributed by atoms with Gasteiger partial charge in [0.25, 0.3) is 5.69 Å². The predicted molar refractivity (Wildman–Crippen MR) is 107 cm³/mol. The SMILES string of the molecule is CCCCCCC(=O)/C=C/c1cccc(OCc2ccc([N+](=O)[O-])cc2)c1. The van der Waals surface area contributed by atoms with Crippen molar-refractivity contribution in [2.45, 2.75) is 45.6 Å². The molecule has 2 rings (SSSR count). The molecule has 0 bridgehead atoms. The molecular formula is C22H25NO4. The second kappa shape index (κ2) is 10.9. The van der Waals surface area contributed by atoms with Gasteiger partial charge in [-0.3, -0.25) is 14.9 Å². The highest BCUT2D eigenvalue weighted by Crippen LogP contribution is 2.18. The van der Waals surface area contributed by atoms with Crippen molar-refractivity contribution >= 4 is 17.5 Å². The summed E-state index contributed by atoms with van der Waals surface area (Å²) in [5.41, 5.74) is 1.81. The summed E-state index contributed by atoms with van der Waals surface area (Å²) in [7, 11) is 0. The number of ether oxygens (including phenoxy) is 1. The van der Waals surface area contributed by atoms with Crippen molar-refractivity contribution in [2.75, 3.05) is 0 Å². The standard InChI is InChI=1S/C22H25NO4/c1-2-3-4-5-8-21(24)15-12-18-7-6-9-22(16-18)27-17-19-10-13-20(14-11-19)23(25)26/h6-7,9-16H,2-5,8,17H2,1H3/b15-12+. The van der Waals surface area contributed by atoms with Crippen molar-refractivity contribution in [1.82, 2.24) is 0 Å². The quantitative estimate of drug-likeness (QED) is 0.220. The van der Waals surface area contributed by atoms with Crippen molar-refractivity contribution in [3.8, 4) is 5.75 Å². The first-order valence-electron chi connectivity index (χ1n) is 9.25. The van der Waals surface area contributed by atoms with Crippen LogP contribution in [0.25, 0.3) is 6.08 Å². The Bertz CT molecular complexity index is 781. The van der Waals surface area contributed by atoms with Crippen LogP contribution in [0.4, 0.5) is 5.69 Å². The number of non-ortho nitro benzene ring substituents is 1. The molecule has 0 fully saturated rings. The molecule has 0 aromatic heterocycles. The predicted octanol–water partition coefficient (Wildman–Crippen LogP) is 5.73. The highest BCUT2D eigenvalue weighted by atomic mass is 16.6. The van der Waals surface area contributed by atoms with Gasteiger partial charge in [0.05, 0.1) is 4.92 Å². The van der Waals surface area contributed by atoms with Crippen LogP contribution in [0.5, 0.6) is 5.75 Å². The molecule has 0 radical (unpaired) electrons.